The number of carboxylic acids is 1. The first kappa shape index (κ1) is 17.0. The Labute approximate surface area is 138 Å². The monoisotopic (exact) mass is 328 g/mol. The van der Waals surface area contributed by atoms with Crippen LogP contribution in [0.25, 0.3) is 0 Å². The molecule has 0 saturated carbocycles. The van der Waals surface area contributed by atoms with Gasteiger partial charge in [-0.05, 0) is 29.8 Å². The molecule has 2 amide bonds. The maximum atomic E-state index is 12.2. The summed E-state index contributed by atoms with van der Waals surface area (Å²) in [5.41, 5.74) is 1.36. The molecule has 2 aromatic rings. The number of carbonyl (C=O) groups excluding carboxylic acids is 2. The zero-order valence-corrected chi connectivity index (χ0v) is 12.9. The van der Waals surface area contributed by atoms with Crippen LogP contribution < -0.4 is 10.6 Å². The van der Waals surface area contributed by atoms with Crippen LogP contribution in [-0.4, -0.2) is 30.2 Å². The fraction of sp³-hybridized carbons (Fsp3) is 0.118. The molecule has 2 rings (SSSR count). The largest absolute Gasteiger partial charge is 0.478 e. The minimum atomic E-state index is -1.16. The second kappa shape index (κ2) is 7.77. The number of carbonyl (C=O) groups is 3. The van der Waals surface area contributed by atoms with Crippen molar-refractivity contribution < 1.29 is 24.2 Å². The van der Waals surface area contributed by atoms with Gasteiger partial charge in [-0.15, -0.1) is 0 Å². The maximum Gasteiger partial charge on any atom is 0.407 e. The number of amides is 2. The highest BCUT2D eigenvalue weighted by atomic mass is 16.5. The Morgan fingerprint density at radius 1 is 1.00 bits per heavy atom. The van der Waals surface area contributed by atoms with Crippen molar-refractivity contribution in [2.24, 2.45) is 0 Å². The number of methoxy groups -OCH3 is 1. The van der Waals surface area contributed by atoms with Crippen molar-refractivity contribution in [3.63, 3.8) is 0 Å². The molecule has 0 spiro atoms. The molecule has 0 heterocycles. The summed E-state index contributed by atoms with van der Waals surface area (Å²) in [6.07, 6.45) is -0.530. The highest BCUT2D eigenvalue weighted by molar-refractivity contribution is 6.10. The van der Waals surface area contributed by atoms with Gasteiger partial charge >= 0.3 is 12.1 Å². The smallest absolute Gasteiger partial charge is 0.407 e. The van der Waals surface area contributed by atoms with Crippen LogP contribution in [-0.2, 0) is 11.3 Å². The van der Waals surface area contributed by atoms with Crippen LogP contribution in [0.4, 0.5) is 10.5 Å². The Morgan fingerprint density at radius 3 is 2.21 bits per heavy atom. The molecule has 0 aromatic heterocycles. The van der Waals surface area contributed by atoms with E-state index in [1.807, 2.05) is 0 Å². The summed E-state index contributed by atoms with van der Waals surface area (Å²) < 4.78 is 4.47. The van der Waals surface area contributed by atoms with E-state index in [0.29, 0.717) is 12.2 Å². The van der Waals surface area contributed by atoms with Crippen LogP contribution in [0.2, 0.25) is 0 Å². The molecule has 0 radical (unpaired) electrons. The lowest BCUT2D eigenvalue weighted by molar-refractivity contribution is 0.0692. The molecule has 0 fully saturated rings. The number of benzene rings is 2. The molecule has 24 heavy (non-hydrogen) atoms. The first-order valence-corrected chi connectivity index (χ1v) is 7.05. The number of alkyl carbamates (subject to hydrolysis) is 1. The van der Waals surface area contributed by atoms with Crippen molar-refractivity contribution in [3.8, 4) is 0 Å². The molecule has 0 saturated heterocycles. The number of anilines is 1. The summed E-state index contributed by atoms with van der Waals surface area (Å²) in [6.45, 7) is 0.294. The van der Waals surface area contributed by atoms with E-state index in [9.17, 15) is 14.4 Å². The molecule has 124 valence electrons. The minimum Gasteiger partial charge on any atom is -0.478 e. The maximum absolute atomic E-state index is 12.2. The lowest BCUT2D eigenvalue weighted by atomic mass is 10.1. The molecule has 3 N–H and O–H groups in total. The molecule has 7 nitrogen and oxygen atoms in total. The average molecular weight is 328 g/mol. The Balaban J connectivity index is 2.05. The minimum absolute atomic E-state index is 0.0612. The molecule has 0 aliphatic carbocycles. The highest BCUT2D eigenvalue weighted by Crippen LogP contribution is 2.14. The van der Waals surface area contributed by atoms with E-state index in [1.165, 1.54) is 19.2 Å². The fourth-order valence-electron chi connectivity index (χ4n) is 2.02. The molecular weight excluding hydrogens is 312 g/mol. The Hall–Kier alpha value is -3.35. The van der Waals surface area contributed by atoms with Gasteiger partial charge in [0.2, 0.25) is 0 Å². The van der Waals surface area contributed by atoms with Gasteiger partial charge in [-0.3, -0.25) is 4.79 Å². The molecule has 0 aliphatic rings. The zero-order chi connectivity index (χ0) is 17.5. The van der Waals surface area contributed by atoms with Gasteiger partial charge in [-0.25, -0.2) is 9.59 Å². The Bertz CT molecular complexity index is 756. The summed E-state index contributed by atoms with van der Waals surface area (Å²) in [7, 11) is 1.28. The second-order valence-corrected chi connectivity index (χ2v) is 4.85. The predicted octanol–water partition coefficient (Wildman–Crippen LogP) is 2.49. The van der Waals surface area contributed by atoms with E-state index in [1.54, 1.807) is 36.4 Å². The number of aromatic carboxylic acids is 1. The van der Waals surface area contributed by atoms with Gasteiger partial charge in [0.25, 0.3) is 5.91 Å². The van der Waals surface area contributed by atoms with Crippen molar-refractivity contribution in [3.05, 3.63) is 65.2 Å². The van der Waals surface area contributed by atoms with Crippen molar-refractivity contribution in [2.45, 2.75) is 6.54 Å². The van der Waals surface area contributed by atoms with Crippen LogP contribution in [0.5, 0.6) is 0 Å². The molecule has 0 aliphatic heterocycles. The number of nitrogens with one attached hydrogen (secondary N) is 2. The van der Waals surface area contributed by atoms with E-state index < -0.39 is 18.0 Å². The van der Waals surface area contributed by atoms with Gasteiger partial charge in [0, 0.05) is 12.2 Å². The van der Waals surface area contributed by atoms with E-state index >= 15 is 0 Å². The number of ether oxygens (including phenoxy) is 1. The van der Waals surface area contributed by atoms with Crippen molar-refractivity contribution >= 4 is 23.7 Å². The molecule has 0 atom stereocenters. The summed E-state index contributed by atoms with van der Waals surface area (Å²) in [4.78, 5) is 34.4. The van der Waals surface area contributed by atoms with Gasteiger partial charge in [0.05, 0.1) is 18.2 Å². The van der Waals surface area contributed by atoms with Crippen LogP contribution in [0, 0.1) is 0 Å². The van der Waals surface area contributed by atoms with Gasteiger partial charge in [0.1, 0.15) is 0 Å². The van der Waals surface area contributed by atoms with Gasteiger partial charge in [-0.2, -0.15) is 0 Å². The third-order valence-corrected chi connectivity index (χ3v) is 3.24. The van der Waals surface area contributed by atoms with E-state index in [2.05, 4.69) is 15.4 Å². The van der Waals surface area contributed by atoms with Crippen molar-refractivity contribution in [1.82, 2.24) is 5.32 Å². The number of carboxylic acid groups (broad SMARTS) is 1. The zero-order valence-electron chi connectivity index (χ0n) is 12.9. The summed E-state index contributed by atoms with van der Waals surface area (Å²) in [5, 5.41) is 14.3. The second-order valence-electron chi connectivity index (χ2n) is 4.85. The van der Waals surface area contributed by atoms with E-state index in [-0.39, 0.29) is 11.1 Å². The number of rotatable bonds is 5. The van der Waals surface area contributed by atoms with E-state index in [0.717, 1.165) is 5.56 Å². The number of hydrogen-bond acceptors (Lipinski definition) is 4. The average Bonchev–Trinajstić information content (AvgIpc) is 2.60. The van der Waals surface area contributed by atoms with Gasteiger partial charge in [-0.1, -0.05) is 24.3 Å². The first-order valence-electron chi connectivity index (χ1n) is 7.05. The normalized spacial score (nSPS) is 9.88. The topological polar surface area (TPSA) is 105 Å². The molecule has 7 heteroatoms. The Morgan fingerprint density at radius 2 is 1.62 bits per heavy atom. The summed E-state index contributed by atoms with van der Waals surface area (Å²) >= 11 is 0. The lowest BCUT2D eigenvalue weighted by Crippen LogP contribution is -2.22. The first-order chi connectivity index (χ1) is 11.5. The molecule has 0 unspecified atom stereocenters. The predicted molar refractivity (Wildman–Crippen MR) is 87.0 cm³/mol. The third-order valence-electron chi connectivity index (χ3n) is 3.24. The summed E-state index contributed by atoms with van der Waals surface area (Å²) in [6, 6.07) is 12.8. The summed E-state index contributed by atoms with van der Waals surface area (Å²) in [5.74, 6) is -1.67. The van der Waals surface area contributed by atoms with Gasteiger partial charge < -0.3 is 20.5 Å². The number of hydrogen-bond donors (Lipinski definition) is 3. The SMILES string of the molecule is COC(=O)NCc1ccc(NC(=O)c2ccccc2C(=O)O)cc1. The standard InChI is InChI=1S/C17H16N2O5/c1-24-17(23)18-10-11-6-8-12(9-7-11)19-15(20)13-4-2-3-5-14(13)16(21)22/h2-9H,10H2,1H3,(H,18,23)(H,19,20)(H,21,22). The van der Waals surface area contributed by atoms with Crippen LogP contribution in [0.15, 0.2) is 48.5 Å². The van der Waals surface area contributed by atoms with Crippen LogP contribution in [0.1, 0.15) is 26.3 Å². The van der Waals surface area contributed by atoms with Crippen LogP contribution >= 0.6 is 0 Å². The molecular formula is C17H16N2O5. The molecule has 0 bridgehead atoms. The van der Waals surface area contributed by atoms with Crippen molar-refractivity contribution in [1.29, 1.82) is 0 Å². The third kappa shape index (κ3) is 4.33. The fourth-order valence-corrected chi connectivity index (χ4v) is 2.02. The van der Waals surface area contributed by atoms with Gasteiger partial charge in [0.15, 0.2) is 0 Å². The quantitative estimate of drug-likeness (QED) is 0.782. The Kier molecular flexibility index (Phi) is 5.51. The van der Waals surface area contributed by atoms with Crippen molar-refractivity contribution in [2.75, 3.05) is 12.4 Å². The van der Waals surface area contributed by atoms with Crippen LogP contribution in [0.3, 0.4) is 0 Å². The highest BCUT2D eigenvalue weighted by Gasteiger charge is 2.15. The molecule has 2 aromatic carbocycles. The lowest BCUT2D eigenvalue weighted by Gasteiger charge is -2.09. The van der Waals surface area contributed by atoms with E-state index in [4.69, 9.17) is 5.11 Å².